The van der Waals surface area contributed by atoms with Gasteiger partial charge in [0.15, 0.2) is 5.65 Å². The van der Waals surface area contributed by atoms with E-state index in [1.807, 2.05) is 6.92 Å². The van der Waals surface area contributed by atoms with Crippen LogP contribution in [-0.4, -0.2) is 29.3 Å². The lowest BCUT2D eigenvalue weighted by molar-refractivity contribution is -0.137. The summed E-state index contributed by atoms with van der Waals surface area (Å²) in [4.78, 5) is 34.3. The Bertz CT molecular complexity index is 1460. The summed E-state index contributed by atoms with van der Waals surface area (Å²) < 4.78 is 41.0. The molecule has 0 fully saturated rings. The zero-order valence-electron chi connectivity index (χ0n) is 16.8. The van der Waals surface area contributed by atoms with Crippen molar-refractivity contribution in [2.45, 2.75) is 32.6 Å². The Morgan fingerprint density at radius 1 is 1.19 bits per heavy atom. The van der Waals surface area contributed by atoms with Crippen molar-refractivity contribution in [2.75, 3.05) is 0 Å². The van der Waals surface area contributed by atoms with E-state index in [1.54, 1.807) is 6.20 Å². The van der Waals surface area contributed by atoms with E-state index in [-0.39, 0.29) is 23.3 Å². The normalized spacial score (nSPS) is 11.5. The number of alkyl halides is 3. The van der Waals surface area contributed by atoms with E-state index in [0.29, 0.717) is 24.4 Å². The molecule has 0 saturated heterocycles. The fourth-order valence-corrected chi connectivity index (χ4v) is 3.15. The molecule has 3 aromatic heterocycles. The summed E-state index contributed by atoms with van der Waals surface area (Å²) in [6, 6.07) is 4.78. The maximum absolute atomic E-state index is 12.8. The number of hydrogen-bond donors (Lipinski definition) is 2. The number of nitrogens with zero attached hydrogens (tertiary/aromatic N) is 4. The molecule has 0 aliphatic heterocycles. The van der Waals surface area contributed by atoms with Crippen molar-refractivity contribution >= 4 is 11.2 Å². The fraction of sp³-hybridized carbons (Fsp3) is 0.238. The highest BCUT2D eigenvalue weighted by atomic mass is 19.4. The second-order valence-electron chi connectivity index (χ2n) is 7.00. The molecule has 0 saturated carbocycles. The van der Waals surface area contributed by atoms with Crippen LogP contribution in [0.4, 0.5) is 13.2 Å². The Labute approximate surface area is 178 Å². The first kappa shape index (κ1) is 21.2. The number of fused-ring (bicyclic) bond motifs is 1. The van der Waals surface area contributed by atoms with E-state index in [4.69, 9.17) is 0 Å². The van der Waals surface area contributed by atoms with Crippen LogP contribution in [0.5, 0.6) is 0 Å². The summed E-state index contributed by atoms with van der Waals surface area (Å²) in [7, 11) is 0. The number of benzene rings is 1. The molecule has 1 aromatic carbocycles. The van der Waals surface area contributed by atoms with Crippen LogP contribution < -0.4 is 11.2 Å². The van der Waals surface area contributed by atoms with Crippen molar-refractivity contribution in [3.8, 4) is 23.2 Å². The molecule has 11 heteroatoms. The van der Waals surface area contributed by atoms with Crippen LogP contribution in [0.1, 0.15) is 24.5 Å². The minimum absolute atomic E-state index is 0.136. The lowest BCUT2D eigenvalue weighted by Gasteiger charge is -2.05. The van der Waals surface area contributed by atoms with Crippen LogP contribution in [0, 0.1) is 11.8 Å². The Kier molecular flexibility index (Phi) is 5.44. The summed E-state index contributed by atoms with van der Waals surface area (Å²) >= 11 is 0. The molecule has 2 N–H and O–H groups in total. The zero-order valence-corrected chi connectivity index (χ0v) is 16.8. The first-order valence-electron chi connectivity index (χ1n) is 9.68. The molecule has 0 unspecified atom stereocenters. The molecule has 0 spiro atoms. The largest absolute Gasteiger partial charge is 0.416 e. The second kappa shape index (κ2) is 8.22. The molecule has 0 bridgehead atoms. The highest BCUT2D eigenvalue weighted by Gasteiger charge is 2.30. The average Bonchev–Trinajstić information content (AvgIpc) is 3.38. The van der Waals surface area contributed by atoms with E-state index in [0.717, 1.165) is 16.7 Å². The molecule has 4 aromatic rings. The standard InChI is InChI=1S/C21H17F3N6O2/c1-2-8-30-19(31)16-18(28-20(30)32)27-17(26-16)14-11-25-29(12-14)9-4-6-13-5-3-7-15(10-13)21(22,23)24/h3,5,7,10-12H,2,8-9H2,1H3,(H,26,27)(H,28,32). The Morgan fingerprint density at radius 2 is 2.00 bits per heavy atom. The summed E-state index contributed by atoms with van der Waals surface area (Å²) in [5, 5.41) is 4.16. The van der Waals surface area contributed by atoms with Crippen LogP contribution in [0.25, 0.3) is 22.6 Å². The van der Waals surface area contributed by atoms with Crippen molar-refractivity contribution in [3.63, 3.8) is 0 Å². The van der Waals surface area contributed by atoms with Gasteiger partial charge < -0.3 is 4.98 Å². The third-order valence-corrected chi connectivity index (χ3v) is 4.65. The third-order valence-electron chi connectivity index (χ3n) is 4.65. The number of aromatic nitrogens is 6. The predicted molar refractivity (Wildman–Crippen MR) is 111 cm³/mol. The van der Waals surface area contributed by atoms with Crippen molar-refractivity contribution in [1.29, 1.82) is 0 Å². The number of nitrogens with one attached hydrogen (secondary N) is 2. The van der Waals surface area contributed by atoms with Gasteiger partial charge in [-0.3, -0.25) is 19.0 Å². The van der Waals surface area contributed by atoms with Crippen LogP contribution in [0.15, 0.2) is 46.2 Å². The van der Waals surface area contributed by atoms with Gasteiger partial charge in [-0.15, -0.1) is 0 Å². The Balaban J connectivity index is 1.56. The van der Waals surface area contributed by atoms with Gasteiger partial charge in [-0.2, -0.15) is 18.3 Å². The van der Waals surface area contributed by atoms with Gasteiger partial charge in [0.25, 0.3) is 5.56 Å². The number of H-pyrrole nitrogens is 2. The minimum atomic E-state index is -4.43. The monoisotopic (exact) mass is 442 g/mol. The first-order chi connectivity index (χ1) is 15.3. The molecule has 0 aliphatic carbocycles. The van der Waals surface area contributed by atoms with E-state index in [9.17, 15) is 22.8 Å². The average molecular weight is 442 g/mol. The third kappa shape index (κ3) is 4.20. The van der Waals surface area contributed by atoms with Gasteiger partial charge in [-0.25, -0.2) is 9.78 Å². The van der Waals surface area contributed by atoms with Crippen molar-refractivity contribution in [2.24, 2.45) is 0 Å². The van der Waals surface area contributed by atoms with Gasteiger partial charge in [0, 0.05) is 18.3 Å². The Morgan fingerprint density at radius 3 is 2.75 bits per heavy atom. The number of aromatic amines is 2. The molecule has 0 atom stereocenters. The van der Waals surface area contributed by atoms with Crippen molar-refractivity contribution in [1.82, 2.24) is 29.3 Å². The van der Waals surface area contributed by atoms with Gasteiger partial charge in [0.1, 0.15) is 17.9 Å². The van der Waals surface area contributed by atoms with Crippen LogP contribution in [0.3, 0.4) is 0 Å². The molecule has 164 valence electrons. The zero-order chi connectivity index (χ0) is 22.9. The second-order valence-corrected chi connectivity index (χ2v) is 7.00. The van der Waals surface area contributed by atoms with Crippen LogP contribution >= 0.6 is 0 Å². The van der Waals surface area contributed by atoms with Gasteiger partial charge in [-0.05, 0) is 24.6 Å². The minimum Gasteiger partial charge on any atom is -0.332 e. The SMILES string of the molecule is CCCn1c(=O)[nH]c2nc(-c3cnn(CC#Cc4cccc(C(F)(F)F)c4)c3)[nH]c2c1=O. The number of rotatable bonds is 4. The topological polar surface area (TPSA) is 101 Å². The smallest absolute Gasteiger partial charge is 0.332 e. The summed E-state index contributed by atoms with van der Waals surface area (Å²) in [5.74, 6) is 5.81. The van der Waals surface area contributed by atoms with Crippen LogP contribution in [-0.2, 0) is 19.3 Å². The molecular formula is C21H17F3N6O2. The number of imidazole rings is 1. The van der Waals surface area contributed by atoms with Crippen LogP contribution in [0.2, 0.25) is 0 Å². The molecule has 0 amide bonds. The molecule has 4 rings (SSSR count). The summed E-state index contributed by atoms with van der Waals surface area (Å²) in [6.45, 7) is 2.29. The molecule has 8 nitrogen and oxygen atoms in total. The van der Waals surface area contributed by atoms with Gasteiger partial charge >= 0.3 is 11.9 Å². The highest BCUT2D eigenvalue weighted by molar-refractivity contribution is 5.74. The lowest BCUT2D eigenvalue weighted by Crippen LogP contribution is -2.34. The first-order valence-corrected chi connectivity index (χ1v) is 9.68. The Hall–Kier alpha value is -4.07. The quantitative estimate of drug-likeness (QED) is 0.475. The fourth-order valence-electron chi connectivity index (χ4n) is 3.15. The summed E-state index contributed by atoms with van der Waals surface area (Å²) in [5.41, 5.74) is -0.594. The highest BCUT2D eigenvalue weighted by Crippen LogP contribution is 2.29. The molecular weight excluding hydrogens is 425 g/mol. The maximum atomic E-state index is 12.8. The lowest BCUT2D eigenvalue weighted by atomic mass is 10.1. The molecule has 0 radical (unpaired) electrons. The van der Waals surface area contributed by atoms with E-state index in [2.05, 4.69) is 31.9 Å². The van der Waals surface area contributed by atoms with Crippen molar-refractivity contribution in [3.05, 3.63) is 68.6 Å². The number of hydrogen-bond acceptors (Lipinski definition) is 4. The maximum Gasteiger partial charge on any atom is 0.416 e. The molecule has 3 heterocycles. The van der Waals surface area contributed by atoms with Crippen molar-refractivity contribution < 1.29 is 13.2 Å². The van der Waals surface area contributed by atoms with Gasteiger partial charge in [0.05, 0.1) is 17.3 Å². The van der Waals surface area contributed by atoms with Gasteiger partial charge in [0.2, 0.25) is 0 Å². The van der Waals surface area contributed by atoms with Gasteiger partial charge in [-0.1, -0.05) is 24.8 Å². The van der Waals surface area contributed by atoms with E-state index < -0.39 is 23.0 Å². The van der Waals surface area contributed by atoms with E-state index in [1.165, 1.54) is 23.0 Å². The molecule has 0 aliphatic rings. The molecule has 32 heavy (non-hydrogen) atoms. The summed E-state index contributed by atoms with van der Waals surface area (Å²) in [6.07, 6.45) is -0.664. The van der Waals surface area contributed by atoms with E-state index >= 15 is 0 Å². The number of halogens is 3. The predicted octanol–water partition coefficient (Wildman–Crippen LogP) is 2.76.